The molecule has 1 aliphatic heterocycles. The van der Waals surface area contributed by atoms with Crippen molar-refractivity contribution in [1.82, 2.24) is 23.8 Å². The molecular formula is C37H33BrFN7O3. The van der Waals surface area contributed by atoms with Gasteiger partial charge in [-0.1, -0.05) is 36.4 Å². The van der Waals surface area contributed by atoms with Crippen molar-refractivity contribution in [3.05, 3.63) is 123 Å². The van der Waals surface area contributed by atoms with Crippen molar-refractivity contribution in [2.75, 3.05) is 36.4 Å². The number of piperazine rings is 1. The first-order chi connectivity index (χ1) is 23.8. The Hall–Kier alpha value is -5.36. The quantitative estimate of drug-likeness (QED) is 0.202. The van der Waals surface area contributed by atoms with Crippen LogP contribution in [0.15, 0.2) is 101 Å². The van der Waals surface area contributed by atoms with Gasteiger partial charge in [-0.15, -0.1) is 0 Å². The second-order valence-electron chi connectivity index (χ2n) is 11.9. The van der Waals surface area contributed by atoms with Crippen molar-refractivity contribution in [1.29, 1.82) is 0 Å². The topological polar surface area (TPSA) is 105 Å². The Balaban J connectivity index is 1.14. The van der Waals surface area contributed by atoms with Crippen LogP contribution in [0, 0.1) is 5.82 Å². The first kappa shape index (κ1) is 32.2. The third kappa shape index (κ3) is 6.43. The van der Waals surface area contributed by atoms with Crippen LogP contribution in [-0.4, -0.2) is 61.8 Å². The van der Waals surface area contributed by atoms with E-state index in [9.17, 15) is 14.4 Å². The maximum absolute atomic E-state index is 15.8. The highest BCUT2D eigenvalue weighted by Crippen LogP contribution is 2.30. The number of pyridine rings is 3. The molecule has 12 heteroatoms. The minimum absolute atomic E-state index is 0.0804. The van der Waals surface area contributed by atoms with Crippen LogP contribution in [0.1, 0.15) is 29.3 Å². The molecule has 1 N–H and O–H groups in total. The summed E-state index contributed by atoms with van der Waals surface area (Å²) in [5.41, 5.74) is 2.87. The number of hydrogen-bond acceptors (Lipinski definition) is 6. The van der Waals surface area contributed by atoms with E-state index in [2.05, 4.69) is 31.2 Å². The summed E-state index contributed by atoms with van der Waals surface area (Å²) in [6.45, 7) is 4.22. The van der Waals surface area contributed by atoms with Gasteiger partial charge in [-0.25, -0.2) is 9.37 Å². The normalized spacial score (nSPS) is 13.3. The van der Waals surface area contributed by atoms with Crippen LogP contribution in [-0.2, 0) is 17.8 Å². The second-order valence-corrected chi connectivity index (χ2v) is 12.8. The molecule has 0 saturated carbocycles. The fourth-order valence-corrected chi connectivity index (χ4v) is 6.65. The number of fused-ring (bicyclic) bond motifs is 2. The van der Waals surface area contributed by atoms with Gasteiger partial charge in [-0.2, -0.15) is 0 Å². The van der Waals surface area contributed by atoms with Gasteiger partial charge in [-0.3, -0.25) is 23.8 Å². The van der Waals surface area contributed by atoms with Crippen LogP contribution in [0.2, 0.25) is 0 Å². The lowest BCUT2D eigenvalue weighted by Crippen LogP contribution is -2.49. The van der Waals surface area contributed by atoms with Gasteiger partial charge in [0.15, 0.2) is 0 Å². The molecule has 2 amide bonds. The molecule has 0 bridgehead atoms. The maximum atomic E-state index is 15.8. The molecule has 1 fully saturated rings. The molecule has 10 nitrogen and oxygen atoms in total. The zero-order valence-corrected chi connectivity index (χ0v) is 28.4. The summed E-state index contributed by atoms with van der Waals surface area (Å²) in [5, 5.41) is 3.00. The standard InChI is InChI=1S/C37H33BrFN7O3/c1-2-43-23-27(37(49)42-36-34(29-10-6-7-15-40-29)41-32-13-12-25(38)22-46(32)36)35(48)26-20-28(39)31(21-30(26)43)44-16-18-45(19-17-44)33(47)14-11-24-8-4-3-5-9-24/h3-10,12-13,15,20-23H,2,11,14,16-19H2,1H3,(H,42,49). The Kier molecular flexibility index (Phi) is 8.96. The molecule has 248 valence electrons. The average molecular weight is 723 g/mol. The van der Waals surface area contributed by atoms with Gasteiger partial charge in [0.05, 0.1) is 16.9 Å². The number of anilines is 2. The van der Waals surface area contributed by atoms with Crippen LogP contribution in [0.4, 0.5) is 15.9 Å². The number of aryl methyl sites for hydroxylation is 2. The smallest absolute Gasteiger partial charge is 0.262 e. The first-order valence-corrected chi connectivity index (χ1v) is 16.9. The number of imidazole rings is 1. The molecule has 0 unspecified atom stereocenters. The zero-order valence-electron chi connectivity index (χ0n) is 26.8. The third-order valence-corrected chi connectivity index (χ3v) is 9.37. The summed E-state index contributed by atoms with van der Waals surface area (Å²) in [7, 11) is 0. The first-order valence-electron chi connectivity index (χ1n) is 16.1. The number of aromatic nitrogens is 4. The van der Waals surface area contributed by atoms with E-state index >= 15 is 4.39 Å². The van der Waals surface area contributed by atoms with E-state index < -0.39 is 17.2 Å². The summed E-state index contributed by atoms with van der Waals surface area (Å²) >= 11 is 3.48. The van der Waals surface area contributed by atoms with Crippen molar-refractivity contribution >= 4 is 55.8 Å². The molecule has 5 heterocycles. The molecule has 49 heavy (non-hydrogen) atoms. The minimum Gasteiger partial charge on any atom is -0.366 e. The summed E-state index contributed by atoms with van der Waals surface area (Å²) in [6.07, 6.45) is 6.03. The molecule has 0 aliphatic carbocycles. The number of nitrogens with one attached hydrogen (secondary N) is 1. The number of carbonyl (C=O) groups is 2. The van der Waals surface area contributed by atoms with E-state index in [1.54, 1.807) is 45.6 Å². The monoisotopic (exact) mass is 721 g/mol. The lowest BCUT2D eigenvalue weighted by molar-refractivity contribution is -0.131. The van der Waals surface area contributed by atoms with E-state index in [1.807, 2.05) is 59.2 Å². The van der Waals surface area contributed by atoms with E-state index in [4.69, 9.17) is 0 Å². The van der Waals surface area contributed by atoms with Crippen LogP contribution in [0.5, 0.6) is 0 Å². The summed E-state index contributed by atoms with van der Waals surface area (Å²) in [4.78, 5) is 53.4. The molecule has 0 radical (unpaired) electrons. The Morgan fingerprint density at radius 3 is 2.47 bits per heavy atom. The van der Waals surface area contributed by atoms with E-state index in [0.717, 1.165) is 10.0 Å². The third-order valence-electron chi connectivity index (χ3n) is 8.90. The molecule has 6 aromatic rings. The van der Waals surface area contributed by atoms with Crippen LogP contribution >= 0.6 is 15.9 Å². The number of halogens is 2. The molecular weight excluding hydrogens is 689 g/mol. The average Bonchev–Trinajstić information content (AvgIpc) is 3.48. The number of nitrogens with zero attached hydrogens (tertiary/aromatic N) is 6. The number of rotatable bonds is 8. The van der Waals surface area contributed by atoms with E-state index in [0.29, 0.717) is 79.6 Å². The van der Waals surface area contributed by atoms with Crippen molar-refractivity contribution in [3.8, 4) is 11.4 Å². The van der Waals surface area contributed by atoms with Gasteiger partial charge < -0.3 is 19.7 Å². The van der Waals surface area contributed by atoms with E-state index in [1.165, 1.54) is 12.3 Å². The number of benzene rings is 2. The molecule has 0 atom stereocenters. The van der Waals surface area contributed by atoms with Gasteiger partial charge in [-0.05, 0) is 71.2 Å². The Labute approximate surface area is 290 Å². The van der Waals surface area contributed by atoms with Gasteiger partial charge in [0.25, 0.3) is 5.91 Å². The fraction of sp³-hybridized carbons (Fsp3) is 0.216. The predicted octanol–water partition coefficient (Wildman–Crippen LogP) is 6.17. The molecule has 2 aromatic carbocycles. The highest BCUT2D eigenvalue weighted by Gasteiger charge is 2.26. The van der Waals surface area contributed by atoms with Gasteiger partial charge in [0.2, 0.25) is 11.3 Å². The molecule has 1 aliphatic rings. The largest absolute Gasteiger partial charge is 0.366 e. The highest BCUT2D eigenvalue weighted by atomic mass is 79.9. The number of amides is 2. The van der Waals surface area contributed by atoms with Crippen molar-refractivity contribution < 1.29 is 14.0 Å². The van der Waals surface area contributed by atoms with Crippen molar-refractivity contribution in [2.24, 2.45) is 0 Å². The molecule has 1 saturated heterocycles. The maximum Gasteiger partial charge on any atom is 0.262 e. The minimum atomic E-state index is -0.648. The summed E-state index contributed by atoms with van der Waals surface area (Å²) in [6, 6.07) is 21.8. The fourth-order valence-electron chi connectivity index (χ4n) is 6.31. The predicted molar refractivity (Wildman–Crippen MR) is 191 cm³/mol. The summed E-state index contributed by atoms with van der Waals surface area (Å²) in [5.74, 6) is -0.776. The second kappa shape index (κ2) is 13.6. The number of carbonyl (C=O) groups excluding carboxylic acids is 2. The van der Waals surface area contributed by atoms with Crippen LogP contribution in [0.25, 0.3) is 27.9 Å². The van der Waals surface area contributed by atoms with Crippen LogP contribution in [0.3, 0.4) is 0 Å². The lowest BCUT2D eigenvalue weighted by Gasteiger charge is -2.36. The van der Waals surface area contributed by atoms with Crippen molar-refractivity contribution in [3.63, 3.8) is 0 Å². The van der Waals surface area contributed by atoms with Gasteiger partial charge >= 0.3 is 0 Å². The number of hydrogen-bond donors (Lipinski definition) is 1. The van der Waals surface area contributed by atoms with E-state index in [-0.39, 0.29) is 16.9 Å². The Morgan fingerprint density at radius 1 is 0.959 bits per heavy atom. The molecule has 4 aromatic heterocycles. The molecule has 0 spiro atoms. The Bertz CT molecular complexity index is 2250. The van der Waals surface area contributed by atoms with Crippen LogP contribution < -0.4 is 15.6 Å². The van der Waals surface area contributed by atoms with Gasteiger partial charge in [0.1, 0.15) is 28.5 Å². The summed E-state index contributed by atoms with van der Waals surface area (Å²) < 4.78 is 20.0. The van der Waals surface area contributed by atoms with Gasteiger partial charge in [0, 0.05) is 67.6 Å². The zero-order chi connectivity index (χ0) is 34.1. The SMILES string of the molecule is CCn1cc(C(=O)Nc2c(-c3ccccn3)nc3ccc(Br)cn23)c(=O)c2cc(F)c(N3CCN(C(=O)CCc4ccccc4)CC3)cc21. The van der Waals surface area contributed by atoms with Crippen molar-refractivity contribution in [2.45, 2.75) is 26.3 Å². The highest BCUT2D eigenvalue weighted by molar-refractivity contribution is 9.10. The lowest BCUT2D eigenvalue weighted by atomic mass is 10.1. The molecule has 7 rings (SSSR count). The Morgan fingerprint density at radius 2 is 1.73 bits per heavy atom.